The number of nitrogens with one attached hydrogen (secondary N) is 1. The molecule has 2 aliphatic rings. The lowest BCUT2D eigenvalue weighted by atomic mass is 9.98. The van der Waals surface area contributed by atoms with Crippen molar-refractivity contribution in [1.82, 2.24) is 10.2 Å². The van der Waals surface area contributed by atoms with E-state index in [-0.39, 0.29) is 18.6 Å². The van der Waals surface area contributed by atoms with Gasteiger partial charge in [-0.05, 0) is 47.9 Å². The Hall–Kier alpha value is -3.35. The topological polar surface area (TPSA) is 95.9 Å². The fourth-order valence-corrected chi connectivity index (χ4v) is 4.70. The Kier molecular flexibility index (Phi) is 7.20. The van der Waals surface area contributed by atoms with Crippen molar-refractivity contribution in [2.75, 3.05) is 13.7 Å². The van der Waals surface area contributed by atoms with Crippen molar-refractivity contribution >= 4 is 18.0 Å². The number of rotatable bonds is 10. The van der Waals surface area contributed by atoms with Gasteiger partial charge >= 0.3 is 12.1 Å². The molecule has 1 saturated carbocycles. The molecule has 0 saturated heterocycles. The van der Waals surface area contributed by atoms with Crippen LogP contribution in [0.2, 0.25) is 0 Å². The van der Waals surface area contributed by atoms with Crippen molar-refractivity contribution in [3.05, 3.63) is 59.7 Å². The molecule has 2 unspecified atom stereocenters. The summed E-state index contributed by atoms with van der Waals surface area (Å²) in [4.78, 5) is 38.6. The lowest BCUT2D eigenvalue weighted by Crippen LogP contribution is -2.50. The number of ether oxygens (including phenoxy) is 1. The molecule has 0 aromatic heterocycles. The predicted octanol–water partition coefficient (Wildman–Crippen LogP) is 4.41. The summed E-state index contributed by atoms with van der Waals surface area (Å²) < 4.78 is 5.52. The zero-order valence-electron chi connectivity index (χ0n) is 19.7. The molecule has 180 valence electrons. The lowest BCUT2D eigenvalue weighted by Gasteiger charge is -2.29. The first-order valence-corrected chi connectivity index (χ1v) is 11.9. The van der Waals surface area contributed by atoms with Crippen LogP contribution < -0.4 is 5.32 Å². The minimum absolute atomic E-state index is 0.0336. The van der Waals surface area contributed by atoms with Gasteiger partial charge in [0.15, 0.2) is 0 Å². The minimum Gasteiger partial charge on any atom is -0.481 e. The van der Waals surface area contributed by atoms with E-state index < -0.39 is 30.4 Å². The Morgan fingerprint density at radius 2 is 1.65 bits per heavy atom. The van der Waals surface area contributed by atoms with Crippen LogP contribution in [0.3, 0.4) is 0 Å². The van der Waals surface area contributed by atoms with Crippen LogP contribution in [-0.2, 0) is 14.3 Å². The Labute approximate surface area is 200 Å². The van der Waals surface area contributed by atoms with Crippen LogP contribution >= 0.6 is 0 Å². The van der Waals surface area contributed by atoms with Crippen LogP contribution in [0.25, 0.3) is 11.1 Å². The molecule has 4 rings (SSSR count). The van der Waals surface area contributed by atoms with Crippen molar-refractivity contribution in [3.63, 3.8) is 0 Å². The zero-order chi connectivity index (χ0) is 24.2. The number of benzene rings is 2. The van der Waals surface area contributed by atoms with Gasteiger partial charge in [0.2, 0.25) is 5.91 Å². The summed E-state index contributed by atoms with van der Waals surface area (Å²) in [7, 11) is 1.66. The van der Waals surface area contributed by atoms with Gasteiger partial charge in [-0.3, -0.25) is 9.59 Å². The van der Waals surface area contributed by atoms with E-state index in [9.17, 15) is 19.5 Å². The van der Waals surface area contributed by atoms with Crippen molar-refractivity contribution in [1.29, 1.82) is 0 Å². The molecule has 7 nitrogen and oxygen atoms in total. The summed E-state index contributed by atoms with van der Waals surface area (Å²) >= 11 is 0. The first-order valence-electron chi connectivity index (χ1n) is 11.9. The summed E-state index contributed by atoms with van der Waals surface area (Å²) in [5.74, 6) is -0.938. The van der Waals surface area contributed by atoms with Crippen LogP contribution in [0.5, 0.6) is 0 Å². The molecule has 2 aromatic carbocycles. The van der Waals surface area contributed by atoms with Crippen molar-refractivity contribution < 1.29 is 24.2 Å². The number of alkyl carbamates (subject to hydrolysis) is 1. The number of carbonyl (C=O) groups is 3. The van der Waals surface area contributed by atoms with Crippen molar-refractivity contribution in [2.45, 2.75) is 57.0 Å². The number of carboxylic acid groups (broad SMARTS) is 1. The highest BCUT2D eigenvalue weighted by atomic mass is 16.5. The number of aliphatic carboxylic acids is 1. The predicted molar refractivity (Wildman–Crippen MR) is 128 cm³/mol. The number of nitrogens with zero attached hydrogens (tertiary/aromatic N) is 1. The van der Waals surface area contributed by atoms with E-state index in [1.54, 1.807) is 11.9 Å². The fourth-order valence-electron chi connectivity index (χ4n) is 4.70. The Balaban J connectivity index is 1.38. The average molecular weight is 465 g/mol. The number of hydrogen-bond donors (Lipinski definition) is 2. The monoisotopic (exact) mass is 464 g/mol. The zero-order valence-corrected chi connectivity index (χ0v) is 19.7. The highest BCUT2D eigenvalue weighted by Gasteiger charge is 2.32. The van der Waals surface area contributed by atoms with Gasteiger partial charge < -0.3 is 20.1 Å². The molecule has 2 N–H and O–H groups in total. The van der Waals surface area contributed by atoms with Gasteiger partial charge in [-0.25, -0.2) is 4.79 Å². The van der Waals surface area contributed by atoms with E-state index in [2.05, 4.69) is 17.4 Å². The Morgan fingerprint density at radius 1 is 1.06 bits per heavy atom. The molecule has 1 fully saturated rings. The standard InChI is InChI=1S/C27H32N2O5/c1-17(11-12-18-13-14-18)29(2)26(32)24(15-25(30)31)28-27(33)34-16-23-21-9-5-3-7-19(21)20-8-4-6-10-22(20)23/h3-10,17-18,23-24H,11-16H2,1-2H3,(H,28,33)(H,30,31). The summed E-state index contributed by atoms with van der Waals surface area (Å²) in [5.41, 5.74) is 4.40. The van der Waals surface area contributed by atoms with Gasteiger partial charge in [-0.1, -0.05) is 61.4 Å². The maximum Gasteiger partial charge on any atom is 0.407 e. The van der Waals surface area contributed by atoms with E-state index >= 15 is 0 Å². The largest absolute Gasteiger partial charge is 0.481 e. The molecule has 2 amide bonds. The Bertz CT molecular complexity index is 1020. The molecule has 0 bridgehead atoms. The normalized spacial score (nSPS) is 16.2. The van der Waals surface area contributed by atoms with E-state index in [1.165, 1.54) is 12.8 Å². The molecular weight excluding hydrogens is 432 g/mol. The minimum atomic E-state index is -1.18. The first-order chi connectivity index (χ1) is 16.3. The van der Waals surface area contributed by atoms with Crippen LogP contribution in [0, 0.1) is 5.92 Å². The smallest absolute Gasteiger partial charge is 0.407 e. The van der Waals surface area contributed by atoms with Gasteiger partial charge in [-0.2, -0.15) is 0 Å². The molecule has 0 aliphatic heterocycles. The second kappa shape index (κ2) is 10.3. The second-order valence-corrected chi connectivity index (χ2v) is 9.44. The molecule has 2 aromatic rings. The SMILES string of the molecule is CC(CCC1CC1)N(C)C(=O)C(CC(=O)O)NC(=O)OCC1c2ccccc2-c2ccccc21. The highest BCUT2D eigenvalue weighted by Crippen LogP contribution is 2.44. The molecule has 7 heteroatoms. The van der Waals surface area contributed by atoms with Crippen molar-refractivity contribution in [3.8, 4) is 11.1 Å². The second-order valence-electron chi connectivity index (χ2n) is 9.44. The van der Waals surface area contributed by atoms with Crippen LogP contribution in [0.4, 0.5) is 4.79 Å². The molecular formula is C27H32N2O5. The molecule has 0 spiro atoms. The summed E-state index contributed by atoms with van der Waals surface area (Å²) in [6.45, 7) is 2.05. The summed E-state index contributed by atoms with van der Waals surface area (Å²) in [5, 5.41) is 11.8. The maximum atomic E-state index is 13.0. The first kappa shape index (κ1) is 23.8. The van der Waals surface area contributed by atoms with Crippen LogP contribution in [0.15, 0.2) is 48.5 Å². The third-order valence-electron chi connectivity index (χ3n) is 7.01. The number of amides is 2. The number of hydrogen-bond acceptors (Lipinski definition) is 4. The third kappa shape index (κ3) is 5.41. The van der Waals surface area contributed by atoms with E-state index in [4.69, 9.17) is 4.74 Å². The molecule has 0 heterocycles. The molecule has 0 radical (unpaired) electrons. The number of likely N-dealkylation sites (N-methyl/N-ethyl adjacent to an activating group) is 1. The van der Waals surface area contributed by atoms with Gasteiger partial charge in [0.05, 0.1) is 6.42 Å². The van der Waals surface area contributed by atoms with Gasteiger partial charge in [0.1, 0.15) is 12.6 Å². The van der Waals surface area contributed by atoms with Gasteiger partial charge in [0, 0.05) is 19.0 Å². The Morgan fingerprint density at radius 3 is 2.21 bits per heavy atom. The fraction of sp³-hybridized carbons (Fsp3) is 0.444. The average Bonchev–Trinajstić information content (AvgIpc) is 3.61. The maximum absolute atomic E-state index is 13.0. The van der Waals surface area contributed by atoms with E-state index in [0.29, 0.717) is 0 Å². The summed E-state index contributed by atoms with van der Waals surface area (Å²) in [6, 6.07) is 14.8. The summed E-state index contributed by atoms with van der Waals surface area (Å²) in [6.07, 6.45) is 3.12. The lowest BCUT2D eigenvalue weighted by molar-refractivity contribution is -0.142. The van der Waals surface area contributed by atoms with Gasteiger partial charge in [-0.15, -0.1) is 0 Å². The number of carboxylic acids is 1. The van der Waals surface area contributed by atoms with E-state index in [1.807, 2.05) is 43.3 Å². The molecule has 2 aliphatic carbocycles. The van der Waals surface area contributed by atoms with Crippen LogP contribution in [0.1, 0.15) is 56.1 Å². The van der Waals surface area contributed by atoms with E-state index in [0.717, 1.165) is 41.0 Å². The third-order valence-corrected chi connectivity index (χ3v) is 7.01. The number of fused-ring (bicyclic) bond motifs is 3. The van der Waals surface area contributed by atoms with Crippen molar-refractivity contribution in [2.24, 2.45) is 5.92 Å². The number of carbonyl (C=O) groups excluding carboxylic acids is 2. The molecule has 34 heavy (non-hydrogen) atoms. The quantitative estimate of drug-likeness (QED) is 0.543. The highest BCUT2D eigenvalue weighted by molar-refractivity contribution is 5.89. The molecule has 2 atom stereocenters. The van der Waals surface area contributed by atoms with Crippen LogP contribution in [-0.4, -0.2) is 53.7 Å². The van der Waals surface area contributed by atoms with Gasteiger partial charge in [0.25, 0.3) is 0 Å².